The van der Waals surface area contributed by atoms with Crippen LogP contribution in [0.15, 0.2) is 36.5 Å². The molecule has 4 unspecified atom stereocenters. The van der Waals surface area contributed by atoms with Gasteiger partial charge in [0.15, 0.2) is 17.2 Å². The summed E-state index contributed by atoms with van der Waals surface area (Å²) in [5.74, 6) is -1.40. The zero-order chi connectivity index (χ0) is 28.6. The molecule has 2 aromatic rings. The van der Waals surface area contributed by atoms with Gasteiger partial charge in [0.2, 0.25) is 0 Å². The van der Waals surface area contributed by atoms with Gasteiger partial charge < -0.3 is 29.4 Å². The van der Waals surface area contributed by atoms with Crippen LogP contribution in [0.25, 0.3) is 0 Å². The predicted molar refractivity (Wildman–Crippen MR) is 145 cm³/mol. The van der Waals surface area contributed by atoms with Gasteiger partial charge in [0.05, 0.1) is 20.1 Å². The van der Waals surface area contributed by atoms with E-state index >= 15 is 0 Å². The van der Waals surface area contributed by atoms with Crippen LogP contribution in [0.5, 0.6) is 17.2 Å². The second kappa shape index (κ2) is 13.5. The topological polar surface area (TPSA) is 133 Å². The Bertz CT molecular complexity index is 1180. The Balaban J connectivity index is 1.53. The number of aromatic nitrogens is 1. The minimum Gasteiger partial charge on any atom is -0.503 e. The van der Waals surface area contributed by atoms with Crippen molar-refractivity contribution in [1.82, 2.24) is 10.3 Å². The van der Waals surface area contributed by atoms with E-state index in [1.54, 1.807) is 14.0 Å². The monoisotopic (exact) mass is 554 g/mol. The molecule has 10 nitrogen and oxygen atoms in total. The van der Waals surface area contributed by atoms with Gasteiger partial charge in [0.1, 0.15) is 24.0 Å². The van der Waals surface area contributed by atoms with Crippen molar-refractivity contribution in [2.75, 3.05) is 14.2 Å². The summed E-state index contributed by atoms with van der Waals surface area (Å²) in [6.07, 6.45) is 5.73. The number of rotatable bonds is 8. The molecule has 1 saturated heterocycles. The van der Waals surface area contributed by atoms with Crippen molar-refractivity contribution in [1.29, 1.82) is 0 Å². The van der Waals surface area contributed by atoms with E-state index in [0.717, 1.165) is 37.0 Å². The van der Waals surface area contributed by atoms with Gasteiger partial charge >= 0.3 is 11.9 Å². The SMILES string of the molecule is COc1ccc(CC2CCCC(NC(=O)c3nccc(OC)c3O)C(=O)OC(C)C2OC(=O)C2CCCC2)cc1. The molecule has 1 aromatic carbocycles. The van der Waals surface area contributed by atoms with Crippen LogP contribution in [0, 0.1) is 11.8 Å². The van der Waals surface area contributed by atoms with E-state index < -0.39 is 35.9 Å². The largest absolute Gasteiger partial charge is 0.503 e. The van der Waals surface area contributed by atoms with Crippen molar-refractivity contribution >= 4 is 17.8 Å². The normalized spacial score (nSPS) is 23.7. The number of methoxy groups -OCH3 is 2. The third kappa shape index (κ3) is 7.03. The minimum absolute atomic E-state index is 0.0964. The molecule has 2 N–H and O–H groups in total. The molecule has 1 amide bonds. The third-order valence-electron chi connectivity index (χ3n) is 7.81. The summed E-state index contributed by atoms with van der Waals surface area (Å²) in [6.45, 7) is 1.73. The second-order valence-electron chi connectivity index (χ2n) is 10.5. The first-order valence-electron chi connectivity index (χ1n) is 13.9. The third-order valence-corrected chi connectivity index (χ3v) is 7.81. The zero-order valence-corrected chi connectivity index (χ0v) is 23.3. The molecule has 0 bridgehead atoms. The highest BCUT2D eigenvalue weighted by Crippen LogP contribution is 2.32. The van der Waals surface area contributed by atoms with E-state index in [-0.39, 0.29) is 29.2 Å². The van der Waals surface area contributed by atoms with Crippen LogP contribution in [0.2, 0.25) is 0 Å². The predicted octanol–water partition coefficient (Wildman–Crippen LogP) is 3.98. The molecule has 2 aliphatic rings. The highest BCUT2D eigenvalue weighted by atomic mass is 16.6. The molecule has 0 radical (unpaired) electrons. The van der Waals surface area contributed by atoms with Crippen molar-refractivity contribution in [3.8, 4) is 17.2 Å². The maximum Gasteiger partial charge on any atom is 0.329 e. The fraction of sp³-hybridized carbons (Fsp3) is 0.533. The summed E-state index contributed by atoms with van der Waals surface area (Å²) in [4.78, 5) is 43.2. The van der Waals surface area contributed by atoms with Crippen molar-refractivity contribution in [2.24, 2.45) is 11.8 Å². The first kappa shape index (κ1) is 29.2. The fourth-order valence-electron chi connectivity index (χ4n) is 5.57. The number of amides is 1. The molecule has 10 heteroatoms. The van der Waals surface area contributed by atoms with Crippen LogP contribution in [0.1, 0.15) is 67.9 Å². The summed E-state index contributed by atoms with van der Waals surface area (Å²) >= 11 is 0. The Hall–Kier alpha value is -3.82. The van der Waals surface area contributed by atoms with Gasteiger partial charge in [-0.05, 0) is 56.7 Å². The Labute approximate surface area is 234 Å². The molecule has 4 rings (SSSR count). The summed E-state index contributed by atoms with van der Waals surface area (Å²) in [5.41, 5.74) is 0.802. The van der Waals surface area contributed by atoms with Gasteiger partial charge in [-0.3, -0.25) is 9.59 Å². The van der Waals surface area contributed by atoms with Crippen LogP contribution in [0.3, 0.4) is 0 Å². The number of aromatic hydroxyl groups is 1. The molecular weight excluding hydrogens is 516 g/mol. The molecule has 216 valence electrons. The van der Waals surface area contributed by atoms with Crippen LogP contribution < -0.4 is 14.8 Å². The number of cyclic esters (lactones) is 1. The number of pyridine rings is 1. The van der Waals surface area contributed by atoms with E-state index in [4.69, 9.17) is 18.9 Å². The molecule has 4 atom stereocenters. The summed E-state index contributed by atoms with van der Waals surface area (Å²) in [6, 6.07) is 8.21. The number of esters is 2. The van der Waals surface area contributed by atoms with Crippen LogP contribution in [0.4, 0.5) is 0 Å². The van der Waals surface area contributed by atoms with E-state index in [9.17, 15) is 19.5 Å². The number of carbonyl (C=O) groups excluding carboxylic acids is 3. The minimum atomic E-state index is -0.965. The molecule has 1 aromatic heterocycles. The summed E-state index contributed by atoms with van der Waals surface area (Å²) in [5, 5.41) is 13.0. The Morgan fingerprint density at radius 3 is 2.42 bits per heavy atom. The number of nitrogens with one attached hydrogen (secondary N) is 1. The van der Waals surface area contributed by atoms with Gasteiger partial charge in [-0.2, -0.15) is 0 Å². The van der Waals surface area contributed by atoms with Crippen molar-refractivity contribution in [2.45, 2.75) is 76.5 Å². The standard InChI is InChI=1S/C30H38N2O8/c1-18-27(40-29(35)20-7-4-5-8-20)21(17-19-11-13-22(37-2)14-12-19)9-6-10-23(30(36)39-18)32-28(34)25-26(33)24(38-3)15-16-31-25/h11-16,18,20-21,23,27,33H,4-10,17H2,1-3H3,(H,32,34). The molecular formula is C30H38N2O8. The van der Waals surface area contributed by atoms with E-state index in [2.05, 4.69) is 10.3 Å². The van der Waals surface area contributed by atoms with Crippen molar-refractivity contribution in [3.63, 3.8) is 0 Å². The number of benzene rings is 1. The molecule has 40 heavy (non-hydrogen) atoms. The Morgan fingerprint density at radius 1 is 1.02 bits per heavy atom. The Kier molecular flexibility index (Phi) is 9.84. The number of carbonyl (C=O) groups is 3. The Morgan fingerprint density at radius 2 is 1.75 bits per heavy atom. The molecule has 0 spiro atoms. The maximum absolute atomic E-state index is 13.2. The maximum atomic E-state index is 13.2. The number of nitrogens with zero attached hydrogens (tertiary/aromatic N) is 1. The lowest BCUT2D eigenvalue weighted by molar-refractivity contribution is -0.174. The van der Waals surface area contributed by atoms with Gasteiger partial charge in [-0.25, -0.2) is 9.78 Å². The van der Waals surface area contributed by atoms with Crippen molar-refractivity contribution < 1.29 is 38.4 Å². The number of ether oxygens (including phenoxy) is 4. The fourth-order valence-corrected chi connectivity index (χ4v) is 5.57. The van der Waals surface area contributed by atoms with Crippen LogP contribution in [-0.2, 0) is 25.5 Å². The van der Waals surface area contributed by atoms with Crippen LogP contribution >= 0.6 is 0 Å². The lowest BCUT2D eigenvalue weighted by Gasteiger charge is -2.31. The molecule has 1 aliphatic heterocycles. The average molecular weight is 555 g/mol. The highest BCUT2D eigenvalue weighted by molar-refractivity contribution is 5.97. The zero-order valence-electron chi connectivity index (χ0n) is 23.3. The quantitative estimate of drug-likeness (QED) is 0.465. The summed E-state index contributed by atoms with van der Waals surface area (Å²) < 4.78 is 22.3. The average Bonchev–Trinajstić information content (AvgIpc) is 3.51. The van der Waals surface area contributed by atoms with Crippen LogP contribution in [-0.4, -0.2) is 60.4 Å². The van der Waals surface area contributed by atoms with Crippen molar-refractivity contribution in [3.05, 3.63) is 47.8 Å². The lowest BCUT2D eigenvalue weighted by Crippen LogP contribution is -2.45. The first-order valence-corrected chi connectivity index (χ1v) is 13.9. The van der Waals surface area contributed by atoms with E-state index in [0.29, 0.717) is 25.7 Å². The lowest BCUT2D eigenvalue weighted by atomic mass is 9.86. The number of hydrogen-bond donors (Lipinski definition) is 2. The first-order chi connectivity index (χ1) is 19.3. The second-order valence-corrected chi connectivity index (χ2v) is 10.5. The molecule has 2 fully saturated rings. The van der Waals surface area contributed by atoms with Gasteiger partial charge in [0, 0.05) is 18.2 Å². The van der Waals surface area contributed by atoms with Gasteiger partial charge in [-0.15, -0.1) is 0 Å². The molecule has 1 saturated carbocycles. The summed E-state index contributed by atoms with van der Waals surface area (Å²) in [7, 11) is 2.98. The smallest absolute Gasteiger partial charge is 0.329 e. The van der Waals surface area contributed by atoms with E-state index in [1.807, 2.05) is 24.3 Å². The molecule has 1 aliphatic carbocycles. The molecule has 2 heterocycles. The van der Waals surface area contributed by atoms with Gasteiger partial charge in [-0.1, -0.05) is 31.4 Å². The highest BCUT2D eigenvalue weighted by Gasteiger charge is 2.38. The number of hydrogen-bond acceptors (Lipinski definition) is 9. The van der Waals surface area contributed by atoms with E-state index in [1.165, 1.54) is 19.4 Å². The van der Waals surface area contributed by atoms with Gasteiger partial charge in [0.25, 0.3) is 5.91 Å².